The number of ether oxygens (including phenoxy) is 2. The van der Waals surface area contributed by atoms with Crippen LogP contribution in [0.3, 0.4) is 0 Å². The number of imidazole rings is 1. The van der Waals surface area contributed by atoms with E-state index in [1.165, 1.54) is 23.0 Å². The fourth-order valence-corrected chi connectivity index (χ4v) is 5.47. The van der Waals surface area contributed by atoms with Gasteiger partial charge in [0.15, 0.2) is 29.3 Å². The average molecular weight is 686 g/mol. The van der Waals surface area contributed by atoms with Gasteiger partial charge in [0.25, 0.3) is 5.60 Å². The lowest BCUT2D eigenvalue weighted by molar-refractivity contribution is -0.195. The minimum atomic E-state index is -2.79. The molecular weight excluding hydrogens is 650 g/mol. The normalized spacial score (nSPS) is 17.2. The zero-order chi connectivity index (χ0) is 34.6. The molecule has 1 saturated heterocycles. The Morgan fingerprint density at radius 3 is 2.52 bits per heavy atom. The highest BCUT2D eigenvalue weighted by molar-refractivity contribution is 6.28. The summed E-state index contributed by atoms with van der Waals surface area (Å²) in [5.41, 5.74) is -1.45. The van der Waals surface area contributed by atoms with Gasteiger partial charge in [-0.3, -0.25) is 9.47 Å². The molecule has 5 N–H and O–H groups in total. The van der Waals surface area contributed by atoms with Crippen LogP contribution >= 0.6 is 11.6 Å². The molecule has 0 bridgehead atoms. The van der Waals surface area contributed by atoms with Gasteiger partial charge in [0.2, 0.25) is 5.28 Å². The molecule has 2 amide bonds. The number of terminal acetylenes is 1. The van der Waals surface area contributed by atoms with Crippen molar-refractivity contribution in [2.24, 2.45) is 5.92 Å². The van der Waals surface area contributed by atoms with Crippen molar-refractivity contribution in [1.29, 1.82) is 0 Å². The molecule has 1 aliphatic heterocycles. The summed E-state index contributed by atoms with van der Waals surface area (Å²) in [6, 6.07) is 6.06. The average Bonchev–Trinajstić information content (AvgIpc) is 3.81. The second-order valence-electron chi connectivity index (χ2n) is 11.7. The topological polar surface area (TPSA) is 213 Å². The molecule has 1 aromatic carbocycles. The first-order valence-electron chi connectivity index (χ1n) is 15.2. The van der Waals surface area contributed by atoms with Crippen molar-refractivity contribution in [3.63, 3.8) is 0 Å². The van der Waals surface area contributed by atoms with Crippen LogP contribution in [0.5, 0.6) is 0 Å². The highest BCUT2D eigenvalue weighted by Crippen LogP contribution is 2.31. The van der Waals surface area contributed by atoms with E-state index < -0.39 is 55.6 Å². The maximum Gasteiger partial charge on any atom is 0.348 e. The van der Waals surface area contributed by atoms with Crippen molar-refractivity contribution < 1.29 is 44.3 Å². The molecular formula is C31H36ClN7O9. The molecule has 2 fully saturated rings. The van der Waals surface area contributed by atoms with E-state index in [1.54, 1.807) is 29.0 Å². The number of rotatable bonds is 16. The monoisotopic (exact) mass is 685 g/mol. The van der Waals surface area contributed by atoms with Gasteiger partial charge in [-0.15, -0.1) is 6.42 Å². The second-order valence-corrected chi connectivity index (χ2v) is 12.1. The number of aliphatic hydroxyl groups is 2. The van der Waals surface area contributed by atoms with Gasteiger partial charge in [0, 0.05) is 38.8 Å². The smallest absolute Gasteiger partial charge is 0.348 e. The summed E-state index contributed by atoms with van der Waals surface area (Å²) in [5, 5.41) is 44.2. The lowest BCUT2D eigenvalue weighted by Crippen LogP contribution is -2.52. The summed E-state index contributed by atoms with van der Waals surface area (Å²) in [4.78, 5) is 53.4. The second kappa shape index (κ2) is 14.7. The molecule has 0 radical (unpaired) electrons. The highest BCUT2D eigenvalue weighted by atomic mass is 35.5. The molecule has 0 unspecified atom stereocenters. The summed E-state index contributed by atoms with van der Waals surface area (Å²) < 4.78 is 12.7. The number of carboxylic acid groups (broad SMARTS) is 2. The van der Waals surface area contributed by atoms with Gasteiger partial charge in [-0.2, -0.15) is 9.97 Å². The van der Waals surface area contributed by atoms with Crippen LogP contribution in [0.4, 0.5) is 16.3 Å². The van der Waals surface area contributed by atoms with E-state index in [0.29, 0.717) is 48.1 Å². The fourth-order valence-electron chi connectivity index (χ4n) is 5.31. The molecule has 48 heavy (non-hydrogen) atoms. The summed E-state index contributed by atoms with van der Waals surface area (Å²) in [6.07, 6.45) is 4.72. The van der Waals surface area contributed by atoms with Gasteiger partial charge in [-0.1, -0.05) is 18.1 Å². The van der Waals surface area contributed by atoms with E-state index in [9.17, 15) is 34.8 Å². The first-order chi connectivity index (χ1) is 23.0. The number of urea groups is 1. The van der Waals surface area contributed by atoms with Crippen molar-refractivity contribution in [3.8, 4) is 12.3 Å². The van der Waals surface area contributed by atoms with Crippen LogP contribution in [0.25, 0.3) is 11.2 Å². The summed E-state index contributed by atoms with van der Waals surface area (Å²) >= 11 is 6.18. The number of hydrogen-bond donors (Lipinski definition) is 5. The maximum atomic E-state index is 12.6. The molecule has 2 aliphatic rings. The number of nitrogens with one attached hydrogen (secondary N) is 1. The first-order valence-corrected chi connectivity index (χ1v) is 15.6. The Bertz CT molecular complexity index is 1680. The van der Waals surface area contributed by atoms with E-state index in [1.807, 2.05) is 0 Å². The van der Waals surface area contributed by atoms with Gasteiger partial charge in [-0.05, 0) is 54.5 Å². The molecule has 3 atom stereocenters. The SMILES string of the molecule is C#C[C@@H](O)[C@@H](O[C@@H](CO)COC(Cc1ccc(N2CCCN(C)C2=O)cc1)(C(=O)O)C(=O)O)n1cnc2c(NCC3CC3)nc(Cl)nc21. The van der Waals surface area contributed by atoms with Crippen molar-refractivity contribution in [3.05, 3.63) is 41.4 Å². The van der Waals surface area contributed by atoms with Crippen LogP contribution in [0.15, 0.2) is 30.6 Å². The first kappa shape index (κ1) is 34.8. The number of aromatic nitrogens is 4. The minimum absolute atomic E-state index is 0.117. The Labute approximate surface area is 280 Å². The van der Waals surface area contributed by atoms with E-state index in [2.05, 4.69) is 26.2 Å². The Morgan fingerprint density at radius 2 is 1.90 bits per heavy atom. The molecule has 16 nitrogen and oxygen atoms in total. The summed E-state index contributed by atoms with van der Waals surface area (Å²) in [5.74, 6) is -0.554. The van der Waals surface area contributed by atoms with Gasteiger partial charge < -0.3 is 40.1 Å². The Kier molecular flexibility index (Phi) is 10.7. The summed E-state index contributed by atoms with van der Waals surface area (Å²) in [6.45, 7) is 0.288. The molecule has 3 heterocycles. The van der Waals surface area contributed by atoms with Gasteiger partial charge in [0.1, 0.15) is 6.10 Å². The fraction of sp³-hybridized carbons (Fsp3) is 0.484. The largest absolute Gasteiger partial charge is 0.479 e. The number of carboxylic acids is 2. The highest BCUT2D eigenvalue weighted by Gasteiger charge is 2.49. The molecule has 17 heteroatoms. The molecule has 1 saturated carbocycles. The lowest BCUT2D eigenvalue weighted by atomic mass is 9.94. The van der Waals surface area contributed by atoms with Crippen LogP contribution in [0, 0.1) is 18.3 Å². The number of nitrogens with zero attached hydrogens (tertiary/aromatic N) is 6. The minimum Gasteiger partial charge on any atom is -0.479 e. The van der Waals surface area contributed by atoms with Crippen LogP contribution < -0.4 is 10.2 Å². The lowest BCUT2D eigenvalue weighted by Gasteiger charge is -2.33. The standard InChI is InChI=1S/C31H36ClN7O9/c1-3-22(41)26(39-17-34-23-24(33-14-19-5-6-19)35-29(32)36-25(23)39)48-21(15-40)16-47-31(27(42)43,28(44)45)13-18-7-9-20(10-8-18)38-12-4-11-37(2)30(38)46/h1,7-10,17,19,21-22,26,40-41H,4-6,11-16H2,2H3,(H,42,43)(H,44,45)(H,33,35,36)/t21-,22+,26+/m0/s1. The predicted molar refractivity (Wildman–Crippen MR) is 171 cm³/mol. The number of carbonyl (C=O) groups is 3. The molecule has 2 aromatic heterocycles. The Balaban J connectivity index is 1.34. The number of hydrogen-bond acceptors (Lipinski definition) is 11. The van der Waals surface area contributed by atoms with Crippen LogP contribution in [0.2, 0.25) is 5.28 Å². The third-order valence-electron chi connectivity index (χ3n) is 8.24. The number of amides is 2. The quantitative estimate of drug-likeness (QED) is 0.0825. The van der Waals surface area contributed by atoms with E-state index in [0.717, 1.165) is 19.3 Å². The zero-order valence-corrected chi connectivity index (χ0v) is 26.8. The van der Waals surface area contributed by atoms with Gasteiger partial charge in [-0.25, -0.2) is 19.4 Å². The predicted octanol–water partition coefficient (Wildman–Crippen LogP) is 1.60. The molecule has 3 aromatic rings. The van der Waals surface area contributed by atoms with Crippen molar-refractivity contribution in [2.45, 2.75) is 49.7 Å². The molecule has 256 valence electrons. The van der Waals surface area contributed by atoms with Gasteiger partial charge in [0.05, 0.1) is 19.5 Å². The number of fused-ring (bicyclic) bond motifs is 1. The number of aliphatic hydroxyl groups excluding tert-OH is 2. The van der Waals surface area contributed by atoms with E-state index in [-0.39, 0.29) is 17.0 Å². The number of anilines is 2. The Hall–Kier alpha value is -4.53. The summed E-state index contributed by atoms with van der Waals surface area (Å²) in [7, 11) is 1.69. The molecule has 5 rings (SSSR count). The van der Waals surface area contributed by atoms with Crippen LogP contribution in [0.1, 0.15) is 31.1 Å². The van der Waals surface area contributed by atoms with Crippen LogP contribution in [-0.2, 0) is 25.5 Å². The van der Waals surface area contributed by atoms with Gasteiger partial charge >= 0.3 is 18.0 Å². The third kappa shape index (κ3) is 7.45. The molecule has 1 aliphatic carbocycles. The Morgan fingerprint density at radius 1 is 1.19 bits per heavy atom. The number of benzene rings is 1. The number of halogens is 1. The van der Waals surface area contributed by atoms with Crippen molar-refractivity contribution in [2.75, 3.05) is 50.1 Å². The number of aliphatic carboxylic acids is 2. The zero-order valence-electron chi connectivity index (χ0n) is 26.0. The van der Waals surface area contributed by atoms with Crippen molar-refractivity contribution >= 4 is 52.2 Å². The van der Waals surface area contributed by atoms with Crippen molar-refractivity contribution in [1.82, 2.24) is 24.4 Å². The van der Waals surface area contributed by atoms with Crippen LogP contribution in [-0.4, -0.2) is 121 Å². The number of carbonyl (C=O) groups excluding carboxylic acids is 1. The van der Waals surface area contributed by atoms with E-state index >= 15 is 0 Å². The third-order valence-corrected chi connectivity index (χ3v) is 8.41. The maximum absolute atomic E-state index is 12.6. The molecule has 0 spiro atoms. The van der Waals surface area contributed by atoms with E-state index in [4.69, 9.17) is 27.5 Å².